The Morgan fingerprint density at radius 1 is 1.50 bits per heavy atom. The minimum Gasteiger partial charge on any atom is -0.367 e. The molecule has 2 N–H and O–H groups in total. The first-order valence-electron chi connectivity index (χ1n) is 6.48. The smallest absolute Gasteiger partial charge is 0.203 e. The van der Waals surface area contributed by atoms with Crippen LogP contribution in [0, 0.1) is 6.92 Å². The fourth-order valence-electron chi connectivity index (χ4n) is 2.43. The fourth-order valence-corrected chi connectivity index (χ4v) is 2.43. The van der Waals surface area contributed by atoms with Crippen LogP contribution in [0.3, 0.4) is 0 Å². The molecule has 2 aromatic rings. The third-order valence-electron chi connectivity index (χ3n) is 3.45. The van der Waals surface area contributed by atoms with Gasteiger partial charge in [-0.25, -0.2) is 4.98 Å². The van der Waals surface area contributed by atoms with Gasteiger partial charge >= 0.3 is 0 Å². The summed E-state index contributed by atoms with van der Waals surface area (Å²) in [5.41, 5.74) is 0.800. The molecule has 0 bridgehead atoms. The molecule has 2 aromatic heterocycles. The highest BCUT2D eigenvalue weighted by Gasteiger charge is 2.13. The highest BCUT2D eigenvalue weighted by atomic mass is 15.3. The van der Waals surface area contributed by atoms with Crippen LogP contribution in [0.1, 0.15) is 25.1 Å². The Labute approximate surface area is 106 Å². The molecule has 96 valence electrons. The van der Waals surface area contributed by atoms with Gasteiger partial charge in [0.05, 0.1) is 0 Å². The summed E-state index contributed by atoms with van der Waals surface area (Å²) in [4.78, 5) is 4.33. The number of hydrogen-bond acceptors (Lipinski definition) is 5. The van der Waals surface area contributed by atoms with Crippen molar-refractivity contribution in [2.24, 2.45) is 0 Å². The van der Waals surface area contributed by atoms with Crippen LogP contribution in [0.15, 0.2) is 12.4 Å². The van der Waals surface area contributed by atoms with Crippen molar-refractivity contribution in [2.45, 2.75) is 32.2 Å². The maximum Gasteiger partial charge on any atom is 0.203 e. The largest absolute Gasteiger partial charge is 0.367 e. The van der Waals surface area contributed by atoms with Gasteiger partial charge in [0.25, 0.3) is 0 Å². The quantitative estimate of drug-likeness (QED) is 0.842. The second-order valence-electron chi connectivity index (χ2n) is 4.73. The molecular formula is C12H18N6. The highest BCUT2D eigenvalue weighted by molar-refractivity contribution is 5.61. The van der Waals surface area contributed by atoms with Gasteiger partial charge in [-0.15, -0.1) is 10.2 Å². The van der Waals surface area contributed by atoms with Gasteiger partial charge in [-0.3, -0.25) is 4.40 Å². The van der Waals surface area contributed by atoms with Crippen molar-refractivity contribution in [3.8, 4) is 0 Å². The fraction of sp³-hybridized carbons (Fsp3) is 0.583. The molecule has 0 aromatic carbocycles. The molecule has 1 fully saturated rings. The third kappa shape index (κ3) is 2.15. The summed E-state index contributed by atoms with van der Waals surface area (Å²) in [7, 11) is 0. The highest BCUT2D eigenvalue weighted by Crippen LogP contribution is 2.13. The SMILES string of the molecule is Cc1nnc2c(NCCC3CCCN3)nccn12. The van der Waals surface area contributed by atoms with Crippen molar-refractivity contribution in [3.05, 3.63) is 18.2 Å². The molecule has 1 saturated heterocycles. The van der Waals surface area contributed by atoms with Gasteiger partial charge in [0.1, 0.15) is 5.82 Å². The van der Waals surface area contributed by atoms with Crippen molar-refractivity contribution >= 4 is 11.5 Å². The van der Waals surface area contributed by atoms with E-state index in [9.17, 15) is 0 Å². The zero-order chi connectivity index (χ0) is 12.4. The Hall–Kier alpha value is -1.69. The Kier molecular flexibility index (Phi) is 3.10. The second kappa shape index (κ2) is 4.89. The molecule has 1 atom stereocenters. The molecule has 0 radical (unpaired) electrons. The Morgan fingerprint density at radius 3 is 3.28 bits per heavy atom. The first-order chi connectivity index (χ1) is 8.84. The van der Waals surface area contributed by atoms with E-state index in [1.807, 2.05) is 17.5 Å². The zero-order valence-corrected chi connectivity index (χ0v) is 10.6. The lowest BCUT2D eigenvalue weighted by Gasteiger charge is -2.11. The lowest BCUT2D eigenvalue weighted by atomic mass is 10.1. The van der Waals surface area contributed by atoms with Crippen molar-refractivity contribution in [2.75, 3.05) is 18.4 Å². The van der Waals surface area contributed by atoms with Gasteiger partial charge in [0.2, 0.25) is 5.65 Å². The molecule has 0 spiro atoms. The predicted molar refractivity (Wildman–Crippen MR) is 69.7 cm³/mol. The van der Waals surface area contributed by atoms with Crippen molar-refractivity contribution in [1.29, 1.82) is 0 Å². The van der Waals surface area contributed by atoms with Crippen LogP contribution < -0.4 is 10.6 Å². The first-order valence-corrected chi connectivity index (χ1v) is 6.48. The number of nitrogens with zero attached hydrogens (tertiary/aromatic N) is 4. The number of anilines is 1. The summed E-state index contributed by atoms with van der Waals surface area (Å²) >= 11 is 0. The zero-order valence-electron chi connectivity index (χ0n) is 10.6. The average molecular weight is 246 g/mol. The molecule has 6 heteroatoms. The van der Waals surface area contributed by atoms with Gasteiger partial charge in [-0.1, -0.05) is 0 Å². The van der Waals surface area contributed by atoms with E-state index >= 15 is 0 Å². The maximum absolute atomic E-state index is 4.33. The summed E-state index contributed by atoms with van der Waals surface area (Å²) in [6.07, 6.45) is 7.36. The van der Waals surface area contributed by atoms with E-state index in [0.717, 1.165) is 36.8 Å². The predicted octanol–water partition coefficient (Wildman–Crippen LogP) is 0.987. The van der Waals surface area contributed by atoms with E-state index in [0.29, 0.717) is 6.04 Å². The summed E-state index contributed by atoms with van der Waals surface area (Å²) in [6.45, 7) is 4.00. The molecule has 6 nitrogen and oxygen atoms in total. The molecule has 1 aliphatic rings. The summed E-state index contributed by atoms with van der Waals surface area (Å²) in [5.74, 6) is 1.70. The van der Waals surface area contributed by atoms with E-state index in [1.165, 1.54) is 12.8 Å². The summed E-state index contributed by atoms with van der Waals surface area (Å²) in [6, 6.07) is 0.650. The van der Waals surface area contributed by atoms with Crippen LogP contribution in [0.5, 0.6) is 0 Å². The average Bonchev–Trinajstić information content (AvgIpc) is 3.01. The number of nitrogens with one attached hydrogen (secondary N) is 2. The topological polar surface area (TPSA) is 67.1 Å². The number of fused-ring (bicyclic) bond motifs is 1. The van der Waals surface area contributed by atoms with Gasteiger partial charge in [-0.05, 0) is 32.7 Å². The summed E-state index contributed by atoms with van der Waals surface area (Å²) in [5, 5.41) is 15.0. The molecule has 3 rings (SSSR count). The third-order valence-corrected chi connectivity index (χ3v) is 3.45. The molecular weight excluding hydrogens is 228 g/mol. The van der Waals surface area contributed by atoms with Gasteiger partial charge in [0.15, 0.2) is 5.82 Å². The van der Waals surface area contributed by atoms with E-state index in [-0.39, 0.29) is 0 Å². The van der Waals surface area contributed by atoms with E-state index < -0.39 is 0 Å². The van der Waals surface area contributed by atoms with Gasteiger partial charge in [-0.2, -0.15) is 0 Å². The molecule has 3 heterocycles. The van der Waals surface area contributed by atoms with Crippen LogP contribution in [-0.2, 0) is 0 Å². The Balaban J connectivity index is 1.66. The van der Waals surface area contributed by atoms with Crippen LogP contribution in [0.2, 0.25) is 0 Å². The first kappa shape index (κ1) is 11.4. The van der Waals surface area contributed by atoms with Crippen LogP contribution in [-0.4, -0.2) is 38.7 Å². The van der Waals surface area contributed by atoms with E-state index in [4.69, 9.17) is 0 Å². The number of aryl methyl sites for hydroxylation is 1. The van der Waals surface area contributed by atoms with Crippen LogP contribution in [0.25, 0.3) is 5.65 Å². The number of hydrogen-bond donors (Lipinski definition) is 2. The van der Waals surface area contributed by atoms with E-state index in [2.05, 4.69) is 25.8 Å². The monoisotopic (exact) mass is 246 g/mol. The van der Waals surface area contributed by atoms with Gasteiger partial charge in [0, 0.05) is 25.0 Å². The van der Waals surface area contributed by atoms with Crippen molar-refractivity contribution in [3.63, 3.8) is 0 Å². The van der Waals surface area contributed by atoms with Crippen LogP contribution >= 0.6 is 0 Å². The normalized spacial score (nSPS) is 19.5. The number of rotatable bonds is 4. The molecule has 0 saturated carbocycles. The van der Waals surface area contributed by atoms with E-state index in [1.54, 1.807) is 6.20 Å². The summed E-state index contributed by atoms with van der Waals surface area (Å²) < 4.78 is 1.95. The minimum absolute atomic E-state index is 0.650. The van der Waals surface area contributed by atoms with Gasteiger partial charge < -0.3 is 10.6 Å². The lowest BCUT2D eigenvalue weighted by Crippen LogP contribution is -2.24. The lowest BCUT2D eigenvalue weighted by molar-refractivity contribution is 0.574. The molecule has 1 unspecified atom stereocenters. The molecule has 0 amide bonds. The molecule has 18 heavy (non-hydrogen) atoms. The maximum atomic E-state index is 4.33. The van der Waals surface area contributed by atoms with Crippen molar-refractivity contribution in [1.82, 2.24) is 24.9 Å². The second-order valence-corrected chi connectivity index (χ2v) is 4.73. The minimum atomic E-state index is 0.650. The Morgan fingerprint density at radius 2 is 2.44 bits per heavy atom. The molecule has 1 aliphatic heterocycles. The molecule has 0 aliphatic carbocycles. The Bertz CT molecular complexity index is 528. The van der Waals surface area contributed by atoms with Crippen LogP contribution in [0.4, 0.5) is 5.82 Å². The number of aromatic nitrogens is 4. The van der Waals surface area contributed by atoms with Crippen molar-refractivity contribution < 1.29 is 0 Å². The standard InChI is InChI=1S/C12H18N6/c1-9-16-17-12-11(15-7-8-18(9)12)14-6-4-10-3-2-5-13-10/h7-8,10,13H,2-6H2,1H3,(H,14,15).